The third-order valence-electron chi connectivity index (χ3n) is 8.78. The molecule has 0 aromatic carbocycles. The summed E-state index contributed by atoms with van der Waals surface area (Å²) in [5, 5.41) is 9.40. The highest BCUT2D eigenvalue weighted by Crippen LogP contribution is 2.68. The molecule has 5 aliphatic rings. The van der Waals surface area contributed by atoms with Crippen LogP contribution in [0.1, 0.15) is 58.3 Å². The molecule has 4 aliphatic carbocycles. The Balaban J connectivity index is 1.52. The van der Waals surface area contributed by atoms with E-state index in [2.05, 4.69) is 6.92 Å². The number of carbonyl (C=O) groups excluding carboxylic acids is 2. The maximum Gasteiger partial charge on any atom is 0.161 e. The molecule has 0 amide bonds. The van der Waals surface area contributed by atoms with Crippen LogP contribution in [0, 0.1) is 34.5 Å². The monoisotopic (exact) mass is 344 g/mol. The highest BCUT2D eigenvalue weighted by atomic mass is 16.5. The van der Waals surface area contributed by atoms with Gasteiger partial charge in [-0.05, 0) is 60.8 Å². The molecule has 25 heavy (non-hydrogen) atoms. The minimum Gasteiger partial charge on any atom is -0.497 e. The number of ether oxygens (including phenoxy) is 1. The van der Waals surface area contributed by atoms with Crippen LogP contribution < -0.4 is 0 Å². The van der Waals surface area contributed by atoms with Gasteiger partial charge in [0.1, 0.15) is 12.4 Å². The van der Waals surface area contributed by atoms with E-state index in [4.69, 9.17) is 4.74 Å². The number of hydrogen-bond donors (Lipinski definition) is 1. The van der Waals surface area contributed by atoms with Crippen molar-refractivity contribution < 1.29 is 19.4 Å². The number of aliphatic hydroxyl groups excluding tert-OH is 1. The van der Waals surface area contributed by atoms with E-state index in [1.165, 1.54) is 5.57 Å². The maximum absolute atomic E-state index is 12.3. The number of ketones is 2. The van der Waals surface area contributed by atoms with Crippen molar-refractivity contribution in [3.8, 4) is 0 Å². The normalized spacial score (nSPS) is 47.8. The lowest BCUT2D eigenvalue weighted by molar-refractivity contribution is -0.133. The van der Waals surface area contributed by atoms with E-state index in [0.29, 0.717) is 36.4 Å². The summed E-state index contributed by atoms with van der Waals surface area (Å²) in [5.74, 6) is 3.33. The predicted octanol–water partition coefficient (Wildman–Crippen LogP) is 3.03. The average Bonchev–Trinajstić information content (AvgIpc) is 3.08. The van der Waals surface area contributed by atoms with E-state index < -0.39 is 0 Å². The Labute approximate surface area is 149 Å². The van der Waals surface area contributed by atoms with Crippen LogP contribution in [0.4, 0.5) is 0 Å². The molecule has 136 valence electrons. The number of allylic oxidation sites excluding steroid dienone is 1. The Bertz CT molecular complexity index is 679. The van der Waals surface area contributed by atoms with Crippen LogP contribution in [0.25, 0.3) is 0 Å². The van der Waals surface area contributed by atoms with Gasteiger partial charge in [-0.1, -0.05) is 6.92 Å². The van der Waals surface area contributed by atoms with Crippen LogP contribution in [0.3, 0.4) is 0 Å². The van der Waals surface area contributed by atoms with Gasteiger partial charge >= 0.3 is 0 Å². The van der Waals surface area contributed by atoms with Crippen molar-refractivity contribution in [3.63, 3.8) is 0 Å². The van der Waals surface area contributed by atoms with Crippen molar-refractivity contribution in [2.45, 2.75) is 58.3 Å². The molecule has 1 aliphatic heterocycles. The first-order valence-corrected chi connectivity index (χ1v) is 10.0. The van der Waals surface area contributed by atoms with Crippen molar-refractivity contribution in [2.24, 2.45) is 34.5 Å². The summed E-state index contributed by atoms with van der Waals surface area (Å²) in [6, 6.07) is 0. The molecule has 0 saturated heterocycles. The lowest BCUT2D eigenvalue weighted by Crippen LogP contribution is -2.51. The van der Waals surface area contributed by atoms with Crippen LogP contribution in [0.2, 0.25) is 0 Å². The minimum atomic E-state index is -0.314. The van der Waals surface area contributed by atoms with E-state index in [-0.39, 0.29) is 29.1 Å². The van der Waals surface area contributed by atoms with Crippen LogP contribution in [0.15, 0.2) is 11.3 Å². The molecule has 0 aromatic heterocycles. The predicted molar refractivity (Wildman–Crippen MR) is 91.5 cm³/mol. The highest BCUT2D eigenvalue weighted by molar-refractivity contribution is 5.84. The first-order chi connectivity index (χ1) is 12.0. The second kappa shape index (κ2) is 5.18. The quantitative estimate of drug-likeness (QED) is 0.836. The number of rotatable bonds is 2. The molecule has 0 spiro atoms. The topological polar surface area (TPSA) is 63.6 Å². The van der Waals surface area contributed by atoms with Gasteiger partial charge in [0.05, 0.1) is 12.4 Å². The maximum atomic E-state index is 12.3. The zero-order valence-electron chi connectivity index (χ0n) is 15.1. The Hall–Kier alpha value is -1.16. The fourth-order valence-corrected chi connectivity index (χ4v) is 7.62. The second-order valence-electron chi connectivity index (χ2n) is 9.44. The van der Waals surface area contributed by atoms with Gasteiger partial charge in [-0.25, -0.2) is 0 Å². The Morgan fingerprint density at radius 3 is 2.88 bits per heavy atom. The molecule has 1 N–H and O–H groups in total. The number of aliphatic hydroxyl groups is 1. The first kappa shape index (κ1) is 16.0. The van der Waals surface area contributed by atoms with Gasteiger partial charge in [0.15, 0.2) is 5.78 Å². The van der Waals surface area contributed by atoms with E-state index in [9.17, 15) is 14.7 Å². The summed E-state index contributed by atoms with van der Waals surface area (Å²) < 4.78 is 6.15. The number of carbonyl (C=O) groups is 2. The Morgan fingerprint density at radius 2 is 2.08 bits per heavy atom. The molecular formula is C21H28O4. The summed E-state index contributed by atoms with van der Waals surface area (Å²) in [6.07, 6.45) is 7.51. The van der Waals surface area contributed by atoms with Gasteiger partial charge in [0.25, 0.3) is 0 Å². The van der Waals surface area contributed by atoms with Crippen LogP contribution in [0.5, 0.6) is 0 Å². The van der Waals surface area contributed by atoms with E-state index in [1.807, 2.05) is 0 Å². The van der Waals surface area contributed by atoms with Crippen molar-refractivity contribution in [3.05, 3.63) is 11.3 Å². The standard InChI is InChI=1S/C21H28O4/c1-20-6-5-15-13(14(20)2-3-16(20)18(24)10-22)9-19-17-8-12(23)4-7-21(15,17)11-25-19/h13-16,22H,2-11H2,1H3/t13?,14?,15?,16-,20+,21+/m1/s1. The summed E-state index contributed by atoms with van der Waals surface area (Å²) in [5.41, 5.74) is 1.50. The second-order valence-corrected chi connectivity index (χ2v) is 9.44. The van der Waals surface area contributed by atoms with Gasteiger partial charge in [-0.15, -0.1) is 0 Å². The minimum absolute atomic E-state index is 0.0304. The third kappa shape index (κ3) is 1.92. The highest BCUT2D eigenvalue weighted by Gasteiger charge is 2.64. The van der Waals surface area contributed by atoms with Crippen molar-refractivity contribution >= 4 is 11.6 Å². The van der Waals surface area contributed by atoms with Crippen LogP contribution >= 0.6 is 0 Å². The van der Waals surface area contributed by atoms with Crippen LogP contribution in [-0.2, 0) is 14.3 Å². The van der Waals surface area contributed by atoms with Gasteiger partial charge in [-0.3, -0.25) is 9.59 Å². The molecular weight excluding hydrogens is 316 g/mol. The summed E-state index contributed by atoms with van der Waals surface area (Å²) >= 11 is 0. The molecule has 5 rings (SSSR count). The zero-order chi connectivity index (χ0) is 17.4. The van der Waals surface area contributed by atoms with Crippen molar-refractivity contribution in [1.82, 2.24) is 0 Å². The largest absolute Gasteiger partial charge is 0.497 e. The summed E-state index contributed by atoms with van der Waals surface area (Å²) in [4.78, 5) is 24.3. The zero-order valence-corrected chi connectivity index (χ0v) is 15.1. The molecule has 1 heterocycles. The summed E-state index contributed by atoms with van der Waals surface area (Å²) in [6.45, 7) is 2.77. The van der Waals surface area contributed by atoms with Gasteiger partial charge < -0.3 is 9.84 Å². The van der Waals surface area contributed by atoms with E-state index in [1.54, 1.807) is 0 Å². The van der Waals surface area contributed by atoms with Gasteiger partial charge in [-0.2, -0.15) is 0 Å². The SMILES string of the molecule is C[C@]12CCC3C(CC4=C5CC(=O)CC[C@@]53CO4)C1CC[C@@H]2C(=O)CO. The van der Waals surface area contributed by atoms with Crippen molar-refractivity contribution in [2.75, 3.05) is 13.2 Å². The number of Topliss-reactive ketones (excluding diaryl/α,β-unsaturated/α-hetero) is 2. The smallest absolute Gasteiger partial charge is 0.161 e. The molecule has 2 bridgehead atoms. The fourth-order valence-electron chi connectivity index (χ4n) is 7.62. The Morgan fingerprint density at radius 1 is 1.24 bits per heavy atom. The first-order valence-electron chi connectivity index (χ1n) is 10.0. The number of fused-ring (bicyclic) bond motifs is 3. The molecule has 0 radical (unpaired) electrons. The molecule has 4 nitrogen and oxygen atoms in total. The lowest BCUT2D eigenvalue weighted by Gasteiger charge is -2.55. The van der Waals surface area contributed by atoms with Gasteiger partial charge in [0, 0.05) is 30.6 Å². The summed E-state index contributed by atoms with van der Waals surface area (Å²) in [7, 11) is 0. The molecule has 3 saturated carbocycles. The molecule has 0 aromatic rings. The van der Waals surface area contributed by atoms with E-state index in [0.717, 1.165) is 50.9 Å². The van der Waals surface area contributed by atoms with Crippen LogP contribution in [-0.4, -0.2) is 29.9 Å². The van der Waals surface area contributed by atoms with E-state index >= 15 is 0 Å². The fraction of sp³-hybridized carbons (Fsp3) is 0.810. The van der Waals surface area contributed by atoms with Crippen molar-refractivity contribution in [1.29, 1.82) is 0 Å². The third-order valence-corrected chi connectivity index (χ3v) is 8.78. The molecule has 3 unspecified atom stereocenters. The Kier molecular flexibility index (Phi) is 3.33. The number of hydrogen-bond acceptors (Lipinski definition) is 4. The molecule has 4 heteroatoms. The average molecular weight is 344 g/mol. The molecule has 3 fully saturated rings. The lowest BCUT2D eigenvalue weighted by atomic mass is 9.47. The van der Waals surface area contributed by atoms with Gasteiger partial charge in [0.2, 0.25) is 0 Å². The molecule has 6 atom stereocenters.